The van der Waals surface area contributed by atoms with Crippen LogP contribution in [0.5, 0.6) is 0 Å². The zero-order valence-electron chi connectivity index (χ0n) is 9.58. The van der Waals surface area contributed by atoms with Gasteiger partial charge in [0.1, 0.15) is 0 Å². The first-order chi connectivity index (χ1) is 8.43. The third-order valence-corrected chi connectivity index (χ3v) is 3.06. The number of pyridine rings is 1. The normalized spacial score (nSPS) is 10.8. The van der Waals surface area contributed by atoms with Gasteiger partial charge in [0.25, 0.3) is 0 Å². The lowest BCUT2D eigenvalue weighted by molar-refractivity contribution is 0.723. The number of aromatic nitrogens is 2. The molecule has 2 nitrogen and oxygen atoms in total. The van der Waals surface area contributed by atoms with Gasteiger partial charge in [0.15, 0.2) is 0 Å². The van der Waals surface area contributed by atoms with Gasteiger partial charge in [-0.2, -0.15) is 0 Å². The molecule has 0 bridgehead atoms. The van der Waals surface area contributed by atoms with E-state index in [0.29, 0.717) is 0 Å². The number of nitrogens with zero attached hydrogens (tertiary/aromatic N) is 2. The Morgan fingerprint density at radius 3 is 2.76 bits per heavy atom. The van der Waals surface area contributed by atoms with Gasteiger partial charge in [-0.15, -0.1) is 0 Å². The van der Waals surface area contributed by atoms with E-state index in [0.717, 1.165) is 13.0 Å². The standard InChI is InChI=1S/C15H14N2/c1-2-4-13(5-3-1)7-10-17-11-8-14-12-16-9-6-15(14)17/h1-6,8-9,11-12H,7,10H2. The Kier molecular flexibility index (Phi) is 2.62. The largest absolute Gasteiger partial charge is 0.347 e. The Balaban J connectivity index is 1.82. The Labute approximate surface area is 101 Å². The summed E-state index contributed by atoms with van der Waals surface area (Å²) in [6.45, 7) is 1.01. The summed E-state index contributed by atoms with van der Waals surface area (Å²) >= 11 is 0. The van der Waals surface area contributed by atoms with Crippen molar-refractivity contribution in [2.75, 3.05) is 0 Å². The van der Waals surface area contributed by atoms with Crippen LogP contribution in [0.4, 0.5) is 0 Å². The molecule has 0 unspecified atom stereocenters. The highest BCUT2D eigenvalue weighted by Gasteiger charge is 2.00. The third kappa shape index (κ3) is 2.07. The highest BCUT2D eigenvalue weighted by atomic mass is 15.0. The summed E-state index contributed by atoms with van der Waals surface area (Å²) in [5.41, 5.74) is 2.64. The van der Waals surface area contributed by atoms with E-state index in [1.807, 2.05) is 12.4 Å². The van der Waals surface area contributed by atoms with Crippen molar-refractivity contribution in [2.24, 2.45) is 0 Å². The van der Waals surface area contributed by atoms with Crippen molar-refractivity contribution in [3.05, 3.63) is 66.6 Å². The zero-order chi connectivity index (χ0) is 11.5. The van der Waals surface area contributed by atoms with Crippen LogP contribution >= 0.6 is 0 Å². The fourth-order valence-electron chi connectivity index (χ4n) is 2.13. The highest BCUT2D eigenvalue weighted by molar-refractivity contribution is 5.78. The Morgan fingerprint density at radius 2 is 1.88 bits per heavy atom. The van der Waals surface area contributed by atoms with Gasteiger partial charge in [-0.05, 0) is 24.1 Å². The summed E-state index contributed by atoms with van der Waals surface area (Å²) < 4.78 is 2.28. The van der Waals surface area contributed by atoms with Crippen molar-refractivity contribution in [3.8, 4) is 0 Å². The molecule has 2 heterocycles. The van der Waals surface area contributed by atoms with Crippen LogP contribution in [-0.4, -0.2) is 9.55 Å². The Hall–Kier alpha value is -2.09. The number of hydrogen-bond acceptors (Lipinski definition) is 1. The summed E-state index contributed by atoms with van der Waals surface area (Å²) in [4.78, 5) is 4.13. The van der Waals surface area contributed by atoms with E-state index in [1.54, 1.807) is 0 Å². The van der Waals surface area contributed by atoms with Crippen LogP contribution in [0.15, 0.2) is 61.1 Å². The lowest BCUT2D eigenvalue weighted by Gasteiger charge is -2.05. The first-order valence-corrected chi connectivity index (χ1v) is 5.86. The molecule has 84 valence electrons. The predicted octanol–water partition coefficient (Wildman–Crippen LogP) is 3.28. The average Bonchev–Trinajstić information content (AvgIpc) is 2.81. The van der Waals surface area contributed by atoms with Crippen LogP contribution in [0.2, 0.25) is 0 Å². The van der Waals surface area contributed by atoms with E-state index in [9.17, 15) is 0 Å². The number of aryl methyl sites for hydroxylation is 2. The van der Waals surface area contributed by atoms with Crippen molar-refractivity contribution in [1.29, 1.82) is 0 Å². The van der Waals surface area contributed by atoms with Crippen LogP contribution in [0.1, 0.15) is 5.56 Å². The minimum atomic E-state index is 1.01. The summed E-state index contributed by atoms with van der Waals surface area (Å²) in [7, 11) is 0. The molecule has 0 amide bonds. The van der Waals surface area contributed by atoms with Crippen LogP contribution in [-0.2, 0) is 13.0 Å². The van der Waals surface area contributed by atoms with Gasteiger partial charge in [-0.1, -0.05) is 30.3 Å². The smallest absolute Gasteiger partial charge is 0.0511 e. The molecule has 0 aliphatic rings. The first kappa shape index (κ1) is 10.1. The van der Waals surface area contributed by atoms with E-state index >= 15 is 0 Å². The molecular formula is C15H14N2. The first-order valence-electron chi connectivity index (χ1n) is 5.86. The molecule has 1 aromatic carbocycles. The monoisotopic (exact) mass is 222 g/mol. The van der Waals surface area contributed by atoms with E-state index in [2.05, 4.69) is 58.2 Å². The SMILES string of the molecule is c1ccc(CCn2ccc3cnccc32)cc1. The van der Waals surface area contributed by atoms with Gasteiger partial charge in [-0.3, -0.25) is 4.98 Å². The molecular weight excluding hydrogens is 208 g/mol. The molecule has 2 aromatic heterocycles. The molecule has 0 saturated heterocycles. The molecule has 3 aromatic rings. The van der Waals surface area contributed by atoms with Gasteiger partial charge in [-0.25, -0.2) is 0 Å². The molecule has 0 fully saturated rings. The maximum atomic E-state index is 4.13. The fraction of sp³-hybridized carbons (Fsp3) is 0.133. The second kappa shape index (κ2) is 4.42. The van der Waals surface area contributed by atoms with Crippen LogP contribution < -0.4 is 0 Å². The molecule has 0 spiro atoms. The van der Waals surface area contributed by atoms with Gasteiger partial charge in [0.05, 0.1) is 5.52 Å². The van der Waals surface area contributed by atoms with Crippen molar-refractivity contribution >= 4 is 10.9 Å². The van der Waals surface area contributed by atoms with E-state index in [4.69, 9.17) is 0 Å². The van der Waals surface area contributed by atoms with E-state index in [-0.39, 0.29) is 0 Å². The van der Waals surface area contributed by atoms with E-state index in [1.165, 1.54) is 16.5 Å². The Morgan fingerprint density at radius 1 is 1.00 bits per heavy atom. The molecule has 0 saturated carbocycles. The van der Waals surface area contributed by atoms with E-state index < -0.39 is 0 Å². The van der Waals surface area contributed by atoms with Crippen LogP contribution in [0.3, 0.4) is 0 Å². The van der Waals surface area contributed by atoms with Crippen molar-refractivity contribution in [2.45, 2.75) is 13.0 Å². The molecule has 0 aliphatic carbocycles. The molecule has 0 radical (unpaired) electrons. The molecule has 2 heteroatoms. The van der Waals surface area contributed by atoms with Crippen molar-refractivity contribution < 1.29 is 0 Å². The van der Waals surface area contributed by atoms with Gasteiger partial charge in [0.2, 0.25) is 0 Å². The maximum absolute atomic E-state index is 4.13. The lowest BCUT2D eigenvalue weighted by Crippen LogP contribution is -1.99. The quantitative estimate of drug-likeness (QED) is 0.665. The van der Waals surface area contributed by atoms with Gasteiger partial charge in [0, 0.05) is 30.5 Å². The number of rotatable bonds is 3. The van der Waals surface area contributed by atoms with Crippen molar-refractivity contribution in [1.82, 2.24) is 9.55 Å². The lowest BCUT2D eigenvalue weighted by atomic mass is 10.1. The second-order valence-electron chi connectivity index (χ2n) is 4.18. The summed E-state index contributed by atoms with van der Waals surface area (Å²) in [6, 6.07) is 14.8. The molecule has 17 heavy (non-hydrogen) atoms. The van der Waals surface area contributed by atoms with Crippen LogP contribution in [0, 0.1) is 0 Å². The minimum Gasteiger partial charge on any atom is -0.347 e. The number of hydrogen-bond donors (Lipinski definition) is 0. The van der Waals surface area contributed by atoms with Gasteiger partial charge >= 0.3 is 0 Å². The topological polar surface area (TPSA) is 17.8 Å². The summed E-state index contributed by atoms with van der Waals surface area (Å²) in [5, 5.41) is 1.21. The summed E-state index contributed by atoms with van der Waals surface area (Å²) in [6.07, 6.45) is 6.96. The number of fused-ring (bicyclic) bond motifs is 1. The average molecular weight is 222 g/mol. The van der Waals surface area contributed by atoms with Crippen molar-refractivity contribution in [3.63, 3.8) is 0 Å². The minimum absolute atomic E-state index is 1.01. The molecule has 0 N–H and O–H groups in total. The summed E-state index contributed by atoms with van der Waals surface area (Å²) in [5.74, 6) is 0. The highest BCUT2D eigenvalue weighted by Crippen LogP contribution is 2.14. The molecule has 0 atom stereocenters. The molecule has 0 aliphatic heterocycles. The number of benzene rings is 1. The Bertz CT molecular complexity index is 611. The fourth-order valence-corrected chi connectivity index (χ4v) is 2.13. The second-order valence-corrected chi connectivity index (χ2v) is 4.18. The predicted molar refractivity (Wildman–Crippen MR) is 69.9 cm³/mol. The third-order valence-electron chi connectivity index (χ3n) is 3.06. The van der Waals surface area contributed by atoms with Crippen LogP contribution in [0.25, 0.3) is 10.9 Å². The van der Waals surface area contributed by atoms with Gasteiger partial charge < -0.3 is 4.57 Å². The zero-order valence-corrected chi connectivity index (χ0v) is 9.58. The maximum Gasteiger partial charge on any atom is 0.0511 e. The molecule has 3 rings (SSSR count).